The summed E-state index contributed by atoms with van der Waals surface area (Å²) in [6.45, 7) is 0.319. The zero-order valence-electron chi connectivity index (χ0n) is 13.4. The van der Waals surface area contributed by atoms with Gasteiger partial charge in [0.25, 0.3) is 0 Å². The van der Waals surface area contributed by atoms with Gasteiger partial charge in [-0.05, 0) is 37.7 Å². The average molecular weight is 342 g/mol. The van der Waals surface area contributed by atoms with Crippen molar-refractivity contribution in [3.63, 3.8) is 0 Å². The Morgan fingerprint density at radius 1 is 1.21 bits per heavy atom. The van der Waals surface area contributed by atoms with E-state index in [-0.39, 0.29) is 6.04 Å². The van der Waals surface area contributed by atoms with Crippen molar-refractivity contribution in [1.29, 1.82) is 5.26 Å². The number of nitriles is 1. The second kappa shape index (κ2) is 8.24. The van der Waals surface area contributed by atoms with Gasteiger partial charge in [0.15, 0.2) is 0 Å². The van der Waals surface area contributed by atoms with Crippen LogP contribution in [0.25, 0.3) is 0 Å². The molecule has 0 fully saturated rings. The lowest BCUT2D eigenvalue weighted by molar-refractivity contribution is -0.136. The van der Waals surface area contributed by atoms with E-state index in [2.05, 4.69) is 10.6 Å². The Bertz CT molecular complexity index is 750. The quantitative estimate of drug-likeness (QED) is 0.814. The minimum Gasteiger partial charge on any atom is -0.346 e. The van der Waals surface area contributed by atoms with Gasteiger partial charge in [0.05, 0.1) is 17.3 Å². The fourth-order valence-electron chi connectivity index (χ4n) is 2.16. The van der Waals surface area contributed by atoms with E-state index in [1.54, 1.807) is 35.6 Å². The van der Waals surface area contributed by atoms with Crippen LogP contribution in [0, 0.1) is 11.3 Å². The molecule has 2 aromatic rings. The van der Waals surface area contributed by atoms with Crippen LogP contribution in [-0.4, -0.2) is 37.4 Å². The van der Waals surface area contributed by atoms with Gasteiger partial charge in [-0.1, -0.05) is 18.2 Å². The molecule has 1 aromatic carbocycles. The lowest BCUT2D eigenvalue weighted by Crippen LogP contribution is -2.40. The molecule has 0 saturated heterocycles. The largest absolute Gasteiger partial charge is 0.346 e. The molecule has 0 radical (unpaired) electrons. The summed E-state index contributed by atoms with van der Waals surface area (Å²) in [7, 11) is 3.83. The van der Waals surface area contributed by atoms with Crippen LogP contribution in [0.3, 0.4) is 0 Å². The lowest BCUT2D eigenvalue weighted by Gasteiger charge is -2.23. The molecule has 6 nitrogen and oxygen atoms in total. The zero-order valence-corrected chi connectivity index (χ0v) is 14.3. The third-order valence-electron chi connectivity index (χ3n) is 3.45. The maximum absolute atomic E-state index is 12.0. The van der Waals surface area contributed by atoms with Crippen molar-refractivity contribution >= 4 is 28.8 Å². The van der Waals surface area contributed by atoms with Crippen molar-refractivity contribution in [3.05, 3.63) is 52.2 Å². The number of nitrogens with zero attached hydrogens (tertiary/aromatic N) is 2. The number of para-hydroxylation sites is 1. The molecule has 2 rings (SSSR count). The molecule has 0 unspecified atom stereocenters. The summed E-state index contributed by atoms with van der Waals surface area (Å²) in [4.78, 5) is 27.1. The van der Waals surface area contributed by atoms with Gasteiger partial charge >= 0.3 is 11.8 Å². The number of hydrogen-bond acceptors (Lipinski definition) is 5. The first-order valence-corrected chi connectivity index (χ1v) is 8.19. The maximum Gasteiger partial charge on any atom is 0.313 e. The van der Waals surface area contributed by atoms with Gasteiger partial charge in [0.2, 0.25) is 0 Å². The molecule has 0 bridgehead atoms. The van der Waals surface area contributed by atoms with Crippen LogP contribution in [0.4, 0.5) is 5.69 Å². The second-order valence-electron chi connectivity index (χ2n) is 5.32. The van der Waals surface area contributed by atoms with Crippen LogP contribution in [-0.2, 0) is 9.59 Å². The average Bonchev–Trinajstić information content (AvgIpc) is 3.09. The summed E-state index contributed by atoms with van der Waals surface area (Å²) in [5.41, 5.74) is 0.631. The Kier molecular flexibility index (Phi) is 6.07. The number of rotatable bonds is 5. The Morgan fingerprint density at radius 3 is 2.58 bits per heavy atom. The SMILES string of the molecule is CN(C)[C@H](CNC(=O)C(=O)Nc1ccccc1C#N)c1cccs1. The van der Waals surface area contributed by atoms with Gasteiger partial charge in [-0.3, -0.25) is 9.59 Å². The first-order chi connectivity index (χ1) is 11.5. The topological polar surface area (TPSA) is 85.2 Å². The molecule has 0 aliphatic heterocycles. The number of anilines is 1. The van der Waals surface area contributed by atoms with Gasteiger partial charge in [0, 0.05) is 11.4 Å². The van der Waals surface area contributed by atoms with Crippen LogP contribution in [0.1, 0.15) is 16.5 Å². The number of amides is 2. The summed E-state index contributed by atoms with van der Waals surface area (Å²) in [5.74, 6) is -1.52. The molecule has 0 spiro atoms. The van der Waals surface area contributed by atoms with Crippen molar-refractivity contribution in [2.24, 2.45) is 0 Å². The molecule has 1 atom stereocenters. The van der Waals surface area contributed by atoms with E-state index in [0.717, 1.165) is 4.88 Å². The molecule has 2 N–H and O–H groups in total. The highest BCUT2D eigenvalue weighted by Gasteiger charge is 2.20. The lowest BCUT2D eigenvalue weighted by atomic mass is 10.2. The smallest absolute Gasteiger partial charge is 0.313 e. The van der Waals surface area contributed by atoms with Crippen LogP contribution in [0.15, 0.2) is 41.8 Å². The number of hydrogen-bond donors (Lipinski definition) is 2. The van der Waals surface area contributed by atoms with E-state index in [0.29, 0.717) is 17.8 Å². The summed E-state index contributed by atoms with van der Waals surface area (Å²) in [6.07, 6.45) is 0. The van der Waals surface area contributed by atoms with Crippen LogP contribution in [0.2, 0.25) is 0 Å². The second-order valence-corrected chi connectivity index (χ2v) is 6.30. The maximum atomic E-state index is 12.0. The standard InChI is InChI=1S/C17H18N4O2S/c1-21(2)14(15-8-5-9-24-15)11-19-16(22)17(23)20-13-7-4-3-6-12(13)10-18/h3-9,14H,11H2,1-2H3,(H,19,22)(H,20,23)/t14-/m1/s1. The van der Waals surface area contributed by atoms with E-state index >= 15 is 0 Å². The highest BCUT2D eigenvalue weighted by Crippen LogP contribution is 2.22. The highest BCUT2D eigenvalue weighted by atomic mass is 32.1. The minimum absolute atomic E-state index is 0.00635. The molecule has 0 aliphatic rings. The monoisotopic (exact) mass is 342 g/mol. The Labute approximate surface area is 144 Å². The number of likely N-dealkylation sites (N-methyl/N-ethyl adjacent to an activating group) is 1. The molecule has 1 heterocycles. The summed E-state index contributed by atoms with van der Waals surface area (Å²) in [5, 5.41) is 16.1. The number of benzene rings is 1. The van der Waals surface area contributed by atoms with Crippen molar-refractivity contribution < 1.29 is 9.59 Å². The summed E-state index contributed by atoms with van der Waals surface area (Å²) in [6, 6.07) is 12.4. The fraction of sp³-hybridized carbons (Fsp3) is 0.235. The van der Waals surface area contributed by atoms with Crippen molar-refractivity contribution in [1.82, 2.24) is 10.2 Å². The molecule has 0 saturated carbocycles. The Hall–Kier alpha value is -2.69. The number of nitrogens with one attached hydrogen (secondary N) is 2. The van der Waals surface area contributed by atoms with Crippen LogP contribution in [0.5, 0.6) is 0 Å². The summed E-state index contributed by atoms with van der Waals surface area (Å²) < 4.78 is 0. The number of thiophene rings is 1. The van der Waals surface area contributed by atoms with E-state index in [4.69, 9.17) is 5.26 Å². The predicted molar refractivity (Wildman–Crippen MR) is 93.5 cm³/mol. The Balaban J connectivity index is 1.96. The molecule has 7 heteroatoms. The first-order valence-electron chi connectivity index (χ1n) is 7.31. The van der Waals surface area contributed by atoms with Gasteiger partial charge in [-0.15, -0.1) is 11.3 Å². The highest BCUT2D eigenvalue weighted by molar-refractivity contribution is 7.10. The van der Waals surface area contributed by atoms with Crippen LogP contribution < -0.4 is 10.6 Å². The normalized spacial score (nSPS) is 11.6. The Morgan fingerprint density at radius 2 is 1.96 bits per heavy atom. The van der Waals surface area contributed by atoms with Crippen molar-refractivity contribution in [2.75, 3.05) is 26.0 Å². The van der Waals surface area contributed by atoms with E-state index < -0.39 is 11.8 Å². The van der Waals surface area contributed by atoms with Gasteiger partial charge in [-0.25, -0.2) is 0 Å². The first kappa shape index (κ1) is 17.7. The molecular weight excluding hydrogens is 324 g/mol. The van der Waals surface area contributed by atoms with Crippen LogP contribution >= 0.6 is 11.3 Å². The minimum atomic E-state index is -0.790. The molecule has 0 aliphatic carbocycles. The predicted octanol–water partition coefficient (Wildman–Crippen LogP) is 1.98. The number of carbonyl (C=O) groups excluding carboxylic acids is 2. The zero-order chi connectivity index (χ0) is 17.5. The van der Waals surface area contributed by atoms with E-state index in [1.807, 2.05) is 42.6 Å². The fourth-order valence-corrected chi connectivity index (χ4v) is 3.08. The van der Waals surface area contributed by atoms with Gasteiger partial charge in [-0.2, -0.15) is 5.26 Å². The van der Waals surface area contributed by atoms with Gasteiger partial charge < -0.3 is 15.5 Å². The third-order valence-corrected chi connectivity index (χ3v) is 4.43. The van der Waals surface area contributed by atoms with Gasteiger partial charge in [0.1, 0.15) is 6.07 Å². The summed E-state index contributed by atoms with van der Waals surface area (Å²) >= 11 is 1.60. The van der Waals surface area contributed by atoms with E-state index in [9.17, 15) is 9.59 Å². The third kappa shape index (κ3) is 4.41. The number of carbonyl (C=O) groups is 2. The molecule has 124 valence electrons. The van der Waals surface area contributed by atoms with E-state index in [1.165, 1.54) is 0 Å². The molecule has 24 heavy (non-hydrogen) atoms. The van der Waals surface area contributed by atoms with Crippen molar-refractivity contribution in [3.8, 4) is 6.07 Å². The molecular formula is C17H18N4O2S. The molecule has 1 aromatic heterocycles. The van der Waals surface area contributed by atoms with Crippen molar-refractivity contribution in [2.45, 2.75) is 6.04 Å². The molecule has 2 amide bonds.